The molecule has 0 aliphatic carbocycles. The third-order valence-corrected chi connectivity index (χ3v) is 3.50. The van der Waals surface area contributed by atoms with Crippen LogP contribution in [-0.2, 0) is 4.79 Å². The van der Waals surface area contributed by atoms with Crippen LogP contribution < -0.4 is 15.4 Å². The van der Waals surface area contributed by atoms with Crippen molar-refractivity contribution in [3.8, 4) is 5.75 Å². The molecule has 0 saturated heterocycles. The van der Waals surface area contributed by atoms with Crippen molar-refractivity contribution in [3.05, 3.63) is 53.6 Å². The van der Waals surface area contributed by atoms with Crippen molar-refractivity contribution in [1.29, 1.82) is 0 Å². The van der Waals surface area contributed by atoms with E-state index in [0.29, 0.717) is 11.4 Å². The molecular weight excluding hydrogens is 264 g/mol. The zero-order valence-electron chi connectivity index (χ0n) is 12.6. The summed E-state index contributed by atoms with van der Waals surface area (Å²) in [6, 6.07) is 12.9. The van der Waals surface area contributed by atoms with Crippen LogP contribution in [0, 0.1) is 13.8 Å². The topological polar surface area (TPSA) is 55.6 Å². The highest BCUT2D eigenvalue weighted by molar-refractivity contribution is 5.94. The first kappa shape index (κ1) is 14.9. The summed E-state index contributed by atoms with van der Waals surface area (Å²) in [4.78, 5) is 13.7. The monoisotopic (exact) mass is 284 g/mol. The van der Waals surface area contributed by atoms with E-state index < -0.39 is 0 Å². The quantitative estimate of drug-likeness (QED) is 0.878. The molecule has 2 aromatic carbocycles. The molecule has 1 amide bonds. The lowest BCUT2D eigenvalue weighted by Gasteiger charge is -2.18. The summed E-state index contributed by atoms with van der Waals surface area (Å²) >= 11 is 0. The minimum Gasteiger partial charge on any atom is -0.484 e. The van der Waals surface area contributed by atoms with E-state index in [0.717, 1.165) is 11.3 Å². The van der Waals surface area contributed by atoms with Gasteiger partial charge in [-0.1, -0.05) is 6.07 Å². The molecule has 4 nitrogen and oxygen atoms in total. The predicted octanol–water partition coefficient (Wildman–Crippen LogP) is 2.93. The zero-order valence-corrected chi connectivity index (χ0v) is 12.6. The van der Waals surface area contributed by atoms with Gasteiger partial charge in [0.15, 0.2) is 6.61 Å². The van der Waals surface area contributed by atoms with Gasteiger partial charge in [-0.3, -0.25) is 4.79 Å². The van der Waals surface area contributed by atoms with Crippen molar-refractivity contribution in [2.24, 2.45) is 0 Å². The maximum atomic E-state index is 12.1. The molecule has 0 heterocycles. The van der Waals surface area contributed by atoms with Crippen LogP contribution in [0.3, 0.4) is 0 Å². The number of carbonyl (C=O) groups excluding carboxylic acids is 1. The molecule has 4 heteroatoms. The third-order valence-electron chi connectivity index (χ3n) is 3.50. The molecule has 0 saturated carbocycles. The lowest BCUT2D eigenvalue weighted by Crippen LogP contribution is -2.31. The first-order valence-electron chi connectivity index (χ1n) is 6.79. The van der Waals surface area contributed by atoms with Crippen LogP contribution in [0.25, 0.3) is 0 Å². The van der Waals surface area contributed by atoms with Gasteiger partial charge in [-0.15, -0.1) is 0 Å². The van der Waals surface area contributed by atoms with Crippen LogP contribution in [0.5, 0.6) is 5.75 Å². The summed E-state index contributed by atoms with van der Waals surface area (Å²) in [5.41, 5.74) is 9.44. The van der Waals surface area contributed by atoms with Crippen LogP contribution in [0.1, 0.15) is 11.1 Å². The Bertz CT molecular complexity index is 636. The molecule has 21 heavy (non-hydrogen) atoms. The number of nitrogens with two attached hydrogens (primary N) is 1. The number of likely N-dealkylation sites (N-methyl/N-ethyl adjacent to an activating group) is 1. The minimum atomic E-state index is -0.113. The molecule has 0 atom stereocenters. The summed E-state index contributed by atoms with van der Waals surface area (Å²) in [7, 11) is 1.72. The fraction of sp³-hybridized carbons (Fsp3) is 0.235. The van der Waals surface area contributed by atoms with Gasteiger partial charge in [0.2, 0.25) is 0 Å². The number of anilines is 2. The van der Waals surface area contributed by atoms with E-state index in [1.807, 2.05) is 44.2 Å². The van der Waals surface area contributed by atoms with Crippen molar-refractivity contribution >= 4 is 17.3 Å². The van der Waals surface area contributed by atoms with Gasteiger partial charge in [-0.25, -0.2) is 0 Å². The standard InChI is InChI=1S/C17H20N2O2/c1-12-4-9-16(10-13(12)2)21-11-17(20)19(3)15-7-5-14(18)6-8-15/h4-10H,11,18H2,1-3H3. The van der Waals surface area contributed by atoms with E-state index >= 15 is 0 Å². The van der Waals surface area contributed by atoms with E-state index in [9.17, 15) is 4.79 Å². The second kappa shape index (κ2) is 6.31. The molecule has 110 valence electrons. The normalized spacial score (nSPS) is 10.2. The van der Waals surface area contributed by atoms with Crippen LogP contribution in [-0.4, -0.2) is 19.6 Å². The Kier molecular flexibility index (Phi) is 4.48. The Hall–Kier alpha value is -2.49. The molecular formula is C17H20N2O2. The summed E-state index contributed by atoms with van der Waals surface area (Å²) < 4.78 is 5.55. The van der Waals surface area contributed by atoms with Crippen LogP contribution in [0.2, 0.25) is 0 Å². The average Bonchev–Trinajstić information content (AvgIpc) is 2.48. The number of ether oxygens (including phenoxy) is 1. The number of aryl methyl sites for hydroxylation is 2. The van der Waals surface area contributed by atoms with Crippen LogP contribution >= 0.6 is 0 Å². The van der Waals surface area contributed by atoms with E-state index in [-0.39, 0.29) is 12.5 Å². The van der Waals surface area contributed by atoms with Crippen molar-refractivity contribution in [2.45, 2.75) is 13.8 Å². The summed E-state index contributed by atoms with van der Waals surface area (Å²) in [5.74, 6) is 0.593. The Labute approximate surface area is 125 Å². The number of amides is 1. The van der Waals surface area contributed by atoms with Crippen LogP contribution in [0.4, 0.5) is 11.4 Å². The highest BCUT2D eigenvalue weighted by Crippen LogP contribution is 2.18. The molecule has 0 fully saturated rings. The highest BCUT2D eigenvalue weighted by atomic mass is 16.5. The largest absolute Gasteiger partial charge is 0.484 e. The van der Waals surface area contributed by atoms with Crippen molar-refractivity contribution in [1.82, 2.24) is 0 Å². The molecule has 0 aliphatic rings. The predicted molar refractivity (Wildman–Crippen MR) is 85.7 cm³/mol. The lowest BCUT2D eigenvalue weighted by molar-refractivity contribution is -0.120. The smallest absolute Gasteiger partial charge is 0.264 e. The Morgan fingerprint density at radius 3 is 2.38 bits per heavy atom. The summed E-state index contributed by atoms with van der Waals surface area (Å²) in [5, 5.41) is 0. The first-order valence-corrected chi connectivity index (χ1v) is 6.79. The van der Waals surface area contributed by atoms with Crippen molar-refractivity contribution in [2.75, 3.05) is 24.3 Å². The number of hydrogen-bond acceptors (Lipinski definition) is 3. The van der Waals surface area contributed by atoms with E-state index in [2.05, 4.69) is 0 Å². The maximum absolute atomic E-state index is 12.1. The molecule has 0 spiro atoms. The van der Waals surface area contributed by atoms with Gasteiger partial charge in [0.05, 0.1) is 0 Å². The van der Waals surface area contributed by atoms with Gasteiger partial charge in [-0.05, 0) is 61.4 Å². The molecule has 0 unspecified atom stereocenters. The number of hydrogen-bond donors (Lipinski definition) is 1. The fourth-order valence-corrected chi connectivity index (χ4v) is 1.89. The van der Waals surface area contributed by atoms with Crippen LogP contribution in [0.15, 0.2) is 42.5 Å². The Morgan fingerprint density at radius 1 is 1.10 bits per heavy atom. The SMILES string of the molecule is Cc1ccc(OCC(=O)N(C)c2ccc(N)cc2)cc1C. The second-order valence-corrected chi connectivity index (χ2v) is 5.08. The summed E-state index contributed by atoms with van der Waals surface area (Å²) in [6.07, 6.45) is 0. The van der Waals surface area contributed by atoms with Gasteiger partial charge < -0.3 is 15.4 Å². The number of nitrogens with zero attached hydrogens (tertiary/aromatic N) is 1. The van der Waals surface area contributed by atoms with E-state index in [1.165, 1.54) is 5.56 Å². The summed E-state index contributed by atoms with van der Waals surface area (Å²) in [6.45, 7) is 4.06. The van der Waals surface area contributed by atoms with Crippen molar-refractivity contribution in [3.63, 3.8) is 0 Å². The number of rotatable bonds is 4. The number of benzene rings is 2. The zero-order chi connectivity index (χ0) is 15.4. The van der Waals surface area contributed by atoms with Gasteiger partial charge in [-0.2, -0.15) is 0 Å². The number of nitrogen functional groups attached to an aromatic ring is 1. The molecule has 0 radical (unpaired) electrons. The first-order chi connectivity index (χ1) is 9.97. The molecule has 2 N–H and O–H groups in total. The Morgan fingerprint density at radius 2 is 1.76 bits per heavy atom. The fourth-order valence-electron chi connectivity index (χ4n) is 1.89. The molecule has 2 aromatic rings. The highest BCUT2D eigenvalue weighted by Gasteiger charge is 2.11. The second-order valence-electron chi connectivity index (χ2n) is 5.08. The lowest BCUT2D eigenvalue weighted by atomic mass is 10.1. The molecule has 0 aliphatic heterocycles. The average molecular weight is 284 g/mol. The molecule has 2 rings (SSSR count). The maximum Gasteiger partial charge on any atom is 0.264 e. The van der Waals surface area contributed by atoms with Gasteiger partial charge in [0, 0.05) is 18.4 Å². The van der Waals surface area contributed by atoms with Gasteiger partial charge >= 0.3 is 0 Å². The van der Waals surface area contributed by atoms with E-state index in [4.69, 9.17) is 10.5 Å². The number of carbonyl (C=O) groups is 1. The molecule has 0 aromatic heterocycles. The van der Waals surface area contributed by atoms with Crippen molar-refractivity contribution < 1.29 is 9.53 Å². The Balaban J connectivity index is 1.97. The van der Waals surface area contributed by atoms with Gasteiger partial charge in [0.1, 0.15) is 5.75 Å². The van der Waals surface area contributed by atoms with E-state index in [1.54, 1.807) is 24.1 Å². The molecule has 0 bridgehead atoms. The van der Waals surface area contributed by atoms with Gasteiger partial charge in [0.25, 0.3) is 5.91 Å². The third kappa shape index (κ3) is 3.75. The minimum absolute atomic E-state index is 0.00335.